The summed E-state index contributed by atoms with van der Waals surface area (Å²) in [6, 6.07) is 8.40. The number of anilines is 1. The van der Waals surface area contributed by atoms with Crippen molar-refractivity contribution < 1.29 is 0 Å². The Bertz CT molecular complexity index is 299. The lowest BCUT2D eigenvalue weighted by Gasteiger charge is -2.16. The predicted molar refractivity (Wildman–Crippen MR) is 48.6 cm³/mol. The summed E-state index contributed by atoms with van der Waals surface area (Å²) in [7, 11) is 0. The molecule has 1 aliphatic rings. The van der Waals surface area contributed by atoms with E-state index in [-0.39, 0.29) is 0 Å². The van der Waals surface area contributed by atoms with Crippen LogP contribution in [0.4, 0.5) is 5.69 Å². The van der Waals surface area contributed by atoms with E-state index in [4.69, 9.17) is 0 Å². The van der Waals surface area contributed by atoms with Gasteiger partial charge in [-0.3, -0.25) is 0 Å². The van der Waals surface area contributed by atoms with Crippen molar-refractivity contribution in [3.8, 4) is 0 Å². The predicted octanol–water partition coefficient (Wildman–Crippen LogP) is 2.52. The number of benzene rings is 1. The minimum atomic E-state index is 0.961. The normalized spacial score (nSPS) is 14.8. The molecule has 0 atom stereocenters. The van der Waals surface area contributed by atoms with Gasteiger partial charge in [-0.05, 0) is 18.6 Å². The highest BCUT2D eigenvalue weighted by Gasteiger charge is 2.05. The summed E-state index contributed by atoms with van der Waals surface area (Å²) in [4.78, 5) is 0. The fourth-order valence-electron chi connectivity index (χ4n) is 1.41. The molecule has 0 aromatic heterocycles. The van der Waals surface area contributed by atoms with Crippen LogP contribution in [0, 0.1) is 0 Å². The zero-order valence-corrected chi connectivity index (χ0v) is 6.59. The molecule has 1 heteroatoms. The van der Waals surface area contributed by atoms with Gasteiger partial charge in [0, 0.05) is 17.8 Å². The van der Waals surface area contributed by atoms with E-state index in [0.29, 0.717) is 0 Å². The molecule has 0 aliphatic carbocycles. The van der Waals surface area contributed by atoms with Crippen molar-refractivity contribution in [3.63, 3.8) is 0 Å². The third-order valence-electron chi connectivity index (χ3n) is 2.05. The molecule has 0 spiro atoms. The fourth-order valence-corrected chi connectivity index (χ4v) is 1.41. The maximum absolute atomic E-state index is 3.32. The molecule has 1 N–H and O–H groups in total. The van der Waals surface area contributed by atoms with Gasteiger partial charge in [-0.2, -0.15) is 0 Å². The van der Waals surface area contributed by atoms with Crippen LogP contribution < -0.4 is 5.32 Å². The maximum Gasteiger partial charge on any atom is 0.0418 e. The molecule has 0 unspecified atom stereocenters. The second-order valence-electron chi connectivity index (χ2n) is 2.81. The SMILES string of the molecule is CC1=CCNc2ccccc21. The Morgan fingerprint density at radius 3 is 2.91 bits per heavy atom. The number of fused-ring (bicyclic) bond motifs is 1. The average molecular weight is 145 g/mol. The fraction of sp³-hybridized carbons (Fsp3) is 0.200. The van der Waals surface area contributed by atoms with Crippen molar-refractivity contribution in [3.05, 3.63) is 35.9 Å². The summed E-state index contributed by atoms with van der Waals surface area (Å²) < 4.78 is 0. The van der Waals surface area contributed by atoms with E-state index in [1.54, 1.807) is 0 Å². The molecule has 1 nitrogen and oxygen atoms in total. The molecule has 1 aliphatic heterocycles. The van der Waals surface area contributed by atoms with Crippen LogP contribution in [0.3, 0.4) is 0 Å². The van der Waals surface area contributed by atoms with Crippen molar-refractivity contribution >= 4 is 11.3 Å². The van der Waals surface area contributed by atoms with Gasteiger partial charge in [0.1, 0.15) is 0 Å². The lowest BCUT2D eigenvalue weighted by atomic mass is 10.0. The Morgan fingerprint density at radius 1 is 1.27 bits per heavy atom. The highest BCUT2D eigenvalue weighted by atomic mass is 14.9. The lowest BCUT2D eigenvalue weighted by Crippen LogP contribution is -2.06. The standard InChI is InChI=1S/C10H11N/c1-8-6-7-11-10-5-3-2-4-9(8)10/h2-6,11H,7H2,1H3. The summed E-state index contributed by atoms with van der Waals surface area (Å²) in [5, 5.41) is 3.32. The molecule has 1 aromatic rings. The molecule has 1 heterocycles. The van der Waals surface area contributed by atoms with Gasteiger partial charge in [0.15, 0.2) is 0 Å². The maximum atomic E-state index is 3.32. The van der Waals surface area contributed by atoms with E-state index < -0.39 is 0 Å². The molecule has 0 bridgehead atoms. The molecule has 11 heavy (non-hydrogen) atoms. The second kappa shape index (κ2) is 2.42. The molecule has 0 saturated carbocycles. The number of hydrogen-bond acceptors (Lipinski definition) is 1. The molecule has 2 rings (SSSR count). The molecule has 0 fully saturated rings. The Labute approximate surface area is 66.7 Å². The summed E-state index contributed by atoms with van der Waals surface area (Å²) >= 11 is 0. The van der Waals surface area contributed by atoms with Crippen LogP contribution in [0.2, 0.25) is 0 Å². The summed E-state index contributed by atoms with van der Waals surface area (Å²) in [6.07, 6.45) is 2.21. The number of allylic oxidation sites excluding steroid dienone is 1. The smallest absolute Gasteiger partial charge is 0.0418 e. The summed E-state index contributed by atoms with van der Waals surface area (Å²) in [5.74, 6) is 0. The largest absolute Gasteiger partial charge is 0.381 e. The Morgan fingerprint density at radius 2 is 2.09 bits per heavy atom. The Kier molecular flexibility index (Phi) is 1.42. The second-order valence-corrected chi connectivity index (χ2v) is 2.81. The van der Waals surface area contributed by atoms with Crippen molar-refractivity contribution in [1.29, 1.82) is 0 Å². The van der Waals surface area contributed by atoms with Crippen LogP contribution in [-0.4, -0.2) is 6.54 Å². The quantitative estimate of drug-likeness (QED) is 0.591. The average Bonchev–Trinajstić information content (AvgIpc) is 2.06. The number of para-hydroxylation sites is 1. The monoisotopic (exact) mass is 145 g/mol. The third kappa shape index (κ3) is 1.03. The van der Waals surface area contributed by atoms with E-state index in [9.17, 15) is 0 Å². The van der Waals surface area contributed by atoms with Gasteiger partial charge in [0.05, 0.1) is 0 Å². The van der Waals surface area contributed by atoms with Gasteiger partial charge >= 0.3 is 0 Å². The first-order valence-corrected chi connectivity index (χ1v) is 3.88. The molecule has 0 radical (unpaired) electrons. The van der Waals surface area contributed by atoms with E-state index in [1.165, 1.54) is 16.8 Å². The van der Waals surface area contributed by atoms with Gasteiger partial charge in [-0.1, -0.05) is 24.3 Å². The summed E-state index contributed by atoms with van der Waals surface area (Å²) in [5.41, 5.74) is 3.96. The highest BCUT2D eigenvalue weighted by Crippen LogP contribution is 2.25. The number of hydrogen-bond donors (Lipinski definition) is 1. The van der Waals surface area contributed by atoms with Crippen LogP contribution in [-0.2, 0) is 0 Å². The lowest BCUT2D eigenvalue weighted by molar-refractivity contribution is 1.28. The van der Waals surface area contributed by atoms with Gasteiger partial charge in [0.25, 0.3) is 0 Å². The molecular weight excluding hydrogens is 134 g/mol. The van der Waals surface area contributed by atoms with Gasteiger partial charge in [-0.15, -0.1) is 0 Å². The van der Waals surface area contributed by atoms with Gasteiger partial charge < -0.3 is 5.32 Å². The molecule has 0 saturated heterocycles. The molecule has 1 aromatic carbocycles. The summed E-state index contributed by atoms with van der Waals surface area (Å²) in [6.45, 7) is 3.11. The van der Waals surface area contributed by atoms with Crippen molar-refractivity contribution in [2.24, 2.45) is 0 Å². The Balaban J connectivity index is 2.56. The third-order valence-corrected chi connectivity index (χ3v) is 2.05. The van der Waals surface area contributed by atoms with Crippen LogP contribution >= 0.6 is 0 Å². The van der Waals surface area contributed by atoms with Gasteiger partial charge in [0.2, 0.25) is 0 Å². The topological polar surface area (TPSA) is 12.0 Å². The number of rotatable bonds is 0. The number of nitrogens with one attached hydrogen (secondary N) is 1. The van der Waals surface area contributed by atoms with Crippen LogP contribution in [0.5, 0.6) is 0 Å². The minimum Gasteiger partial charge on any atom is -0.381 e. The first-order valence-electron chi connectivity index (χ1n) is 3.88. The first kappa shape index (κ1) is 6.47. The van der Waals surface area contributed by atoms with Crippen LogP contribution in [0.25, 0.3) is 5.57 Å². The Hall–Kier alpha value is -1.24. The van der Waals surface area contributed by atoms with Crippen molar-refractivity contribution in [2.45, 2.75) is 6.92 Å². The van der Waals surface area contributed by atoms with E-state index in [2.05, 4.69) is 42.6 Å². The minimum absolute atomic E-state index is 0.961. The van der Waals surface area contributed by atoms with E-state index >= 15 is 0 Å². The van der Waals surface area contributed by atoms with E-state index in [0.717, 1.165) is 6.54 Å². The molecule has 0 amide bonds. The zero-order valence-electron chi connectivity index (χ0n) is 6.59. The van der Waals surface area contributed by atoms with Gasteiger partial charge in [-0.25, -0.2) is 0 Å². The van der Waals surface area contributed by atoms with Crippen LogP contribution in [0.15, 0.2) is 30.3 Å². The van der Waals surface area contributed by atoms with Crippen molar-refractivity contribution in [1.82, 2.24) is 0 Å². The van der Waals surface area contributed by atoms with E-state index in [1.807, 2.05) is 0 Å². The van der Waals surface area contributed by atoms with Crippen molar-refractivity contribution in [2.75, 3.05) is 11.9 Å². The molecule has 56 valence electrons. The highest BCUT2D eigenvalue weighted by molar-refractivity contribution is 5.77. The zero-order chi connectivity index (χ0) is 7.68. The molecular formula is C10H11N. The first-order chi connectivity index (χ1) is 5.38. The van der Waals surface area contributed by atoms with Crippen LogP contribution in [0.1, 0.15) is 12.5 Å².